The quantitative estimate of drug-likeness (QED) is 0.187. The number of carbonyl (C=O) groups is 1. The van der Waals surface area contributed by atoms with Gasteiger partial charge in [-0.15, -0.1) is 6.58 Å². The minimum atomic E-state index is -2.14. The molecule has 0 unspecified atom stereocenters. The van der Waals surface area contributed by atoms with Gasteiger partial charge in [0.15, 0.2) is 0 Å². The Balaban J connectivity index is 5.88. The summed E-state index contributed by atoms with van der Waals surface area (Å²) in [5.41, 5.74) is 0. The summed E-state index contributed by atoms with van der Waals surface area (Å²) in [6.45, 7) is 25.8. The molecule has 0 fully saturated rings. The third-order valence-corrected chi connectivity index (χ3v) is 14.4. The Labute approximate surface area is 169 Å². The van der Waals surface area contributed by atoms with E-state index in [-0.39, 0.29) is 28.5 Å². The van der Waals surface area contributed by atoms with Crippen LogP contribution in [0.25, 0.3) is 0 Å². The first-order valence-electron chi connectivity index (χ1n) is 9.83. The molecule has 0 spiro atoms. The Morgan fingerprint density at radius 2 is 1.41 bits per heavy atom. The second-order valence-corrected chi connectivity index (χ2v) is 19.7. The average Bonchev–Trinajstić information content (AvgIpc) is 2.47. The maximum atomic E-state index is 12.1. The maximum absolute atomic E-state index is 12.1. The van der Waals surface area contributed by atoms with E-state index in [9.17, 15) is 4.79 Å². The number of nitrogens with zero attached hydrogens (tertiary/aromatic N) is 1. The number of hydroxylamine groups is 2. The number of hydrogen-bond acceptors (Lipinski definition) is 5. The first-order chi connectivity index (χ1) is 12.0. The standard InChI is InChI=1S/C20H43NO4Si2/c1-13-14-15-17(16-18(22)23-8)21(24-26(9,10)19(2,3)4)25-27(11,12)20(5,6)7/h13,17H,1,14-16H2,2-12H3/t17-/m1/s1. The molecule has 0 N–H and O–H groups in total. The lowest BCUT2D eigenvalue weighted by Gasteiger charge is -2.46. The van der Waals surface area contributed by atoms with Crippen LogP contribution in [-0.2, 0) is 18.6 Å². The highest BCUT2D eigenvalue weighted by atomic mass is 28.4. The van der Waals surface area contributed by atoms with Crippen LogP contribution in [0.3, 0.4) is 0 Å². The summed E-state index contributed by atoms with van der Waals surface area (Å²) in [5, 5.41) is 1.72. The highest BCUT2D eigenvalue weighted by Crippen LogP contribution is 2.41. The largest absolute Gasteiger partial charge is 0.469 e. The molecule has 0 heterocycles. The molecule has 0 saturated carbocycles. The van der Waals surface area contributed by atoms with Crippen molar-refractivity contribution in [3.05, 3.63) is 12.7 Å². The van der Waals surface area contributed by atoms with E-state index in [0.717, 1.165) is 12.8 Å². The lowest BCUT2D eigenvalue weighted by molar-refractivity contribution is -0.303. The number of allylic oxidation sites excluding steroid dienone is 1. The molecule has 0 bridgehead atoms. The van der Waals surface area contributed by atoms with Crippen molar-refractivity contribution in [1.29, 1.82) is 0 Å². The number of hydrogen-bond donors (Lipinski definition) is 0. The summed E-state index contributed by atoms with van der Waals surface area (Å²) < 4.78 is 18.1. The van der Waals surface area contributed by atoms with E-state index in [1.807, 2.05) is 6.08 Å². The fourth-order valence-corrected chi connectivity index (χ4v) is 3.65. The molecule has 0 aliphatic heterocycles. The number of ether oxygens (including phenoxy) is 1. The highest BCUT2D eigenvalue weighted by Gasteiger charge is 2.46. The molecule has 0 aromatic rings. The molecule has 0 aromatic heterocycles. The first-order valence-corrected chi connectivity index (χ1v) is 15.7. The maximum Gasteiger partial charge on any atom is 0.307 e. The van der Waals surface area contributed by atoms with E-state index < -0.39 is 16.6 Å². The van der Waals surface area contributed by atoms with Gasteiger partial charge >= 0.3 is 5.97 Å². The molecule has 0 saturated heterocycles. The number of rotatable bonds is 10. The van der Waals surface area contributed by atoms with Crippen molar-refractivity contribution in [2.24, 2.45) is 0 Å². The molecule has 27 heavy (non-hydrogen) atoms. The lowest BCUT2D eigenvalue weighted by atomic mass is 10.1. The van der Waals surface area contributed by atoms with Crippen molar-refractivity contribution in [2.75, 3.05) is 7.11 Å². The van der Waals surface area contributed by atoms with Crippen molar-refractivity contribution in [3.8, 4) is 0 Å². The summed E-state index contributed by atoms with van der Waals surface area (Å²) in [6, 6.07) is -0.210. The van der Waals surface area contributed by atoms with Crippen molar-refractivity contribution < 1.29 is 18.6 Å². The lowest BCUT2D eigenvalue weighted by Crippen LogP contribution is -2.55. The zero-order valence-electron chi connectivity index (χ0n) is 19.6. The van der Waals surface area contributed by atoms with Gasteiger partial charge in [0, 0.05) is 0 Å². The van der Waals surface area contributed by atoms with Gasteiger partial charge in [0.25, 0.3) is 0 Å². The Morgan fingerprint density at radius 1 is 1.00 bits per heavy atom. The van der Waals surface area contributed by atoms with Gasteiger partial charge < -0.3 is 13.8 Å². The number of methoxy groups -OCH3 is 1. The van der Waals surface area contributed by atoms with Crippen molar-refractivity contribution >= 4 is 22.6 Å². The first kappa shape index (κ1) is 26.5. The van der Waals surface area contributed by atoms with Crippen LogP contribution in [0.15, 0.2) is 12.7 Å². The third kappa shape index (κ3) is 8.19. The van der Waals surface area contributed by atoms with Crippen LogP contribution in [0, 0.1) is 0 Å². The van der Waals surface area contributed by atoms with Crippen LogP contribution in [0.5, 0.6) is 0 Å². The minimum absolute atomic E-state index is 0.0241. The predicted octanol–water partition coefficient (Wildman–Crippen LogP) is 6.06. The second kappa shape index (κ2) is 9.83. The molecule has 0 aliphatic rings. The third-order valence-electron chi connectivity index (χ3n) is 5.88. The van der Waals surface area contributed by atoms with Gasteiger partial charge in [-0.1, -0.05) is 52.8 Å². The molecule has 1 atom stereocenters. The van der Waals surface area contributed by atoms with Crippen molar-refractivity contribution in [2.45, 2.75) is 103 Å². The van der Waals surface area contributed by atoms with Gasteiger partial charge in [-0.2, -0.15) is 0 Å². The van der Waals surface area contributed by atoms with Crippen molar-refractivity contribution in [3.63, 3.8) is 0 Å². The van der Waals surface area contributed by atoms with E-state index in [2.05, 4.69) is 74.3 Å². The second-order valence-electron chi connectivity index (χ2n) is 10.3. The van der Waals surface area contributed by atoms with Gasteiger partial charge in [-0.05, 0) is 49.1 Å². The zero-order valence-corrected chi connectivity index (χ0v) is 21.6. The Hall–Kier alpha value is -0.476. The summed E-state index contributed by atoms with van der Waals surface area (Å²) in [6.07, 6.45) is 3.59. The van der Waals surface area contributed by atoms with Crippen LogP contribution in [-0.4, -0.2) is 41.0 Å². The van der Waals surface area contributed by atoms with E-state index >= 15 is 0 Å². The number of esters is 1. The summed E-state index contributed by atoms with van der Waals surface area (Å²) in [5.74, 6) is -0.258. The molecule has 0 rings (SSSR count). The van der Waals surface area contributed by atoms with Crippen LogP contribution >= 0.6 is 0 Å². The van der Waals surface area contributed by atoms with Gasteiger partial charge in [0.2, 0.25) is 16.6 Å². The van der Waals surface area contributed by atoms with Gasteiger partial charge in [0.05, 0.1) is 19.6 Å². The van der Waals surface area contributed by atoms with Crippen LogP contribution in [0.4, 0.5) is 0 Å². The van der Waals surface area contributed by atoms with Gasteiger partial charge in [0.1, 0.15) is 0 Å². The Kier molecular flexibility index (Phi) is 9.65. The monoisotopic (exact) mass is 417 g/mol. The Bertz CT molecular complexity index is 465. The molecular weight excluding hydrogens is 374 g/mol. The fraction of sp³-hybridized carbons (Fsp3) is 0.850. The molecular formula is C20H43NO4Si2. The number of carbonyl (C=O) groups excluding carboxylic acids is 1. The van der Waals surface area contributed by atoms with Crippen LogP contribution < -0.4 is 0 Å². The van der Waals surface area contributed by atoms with E-state index in [1.165, 1.54) is 7.11 Å². The van der Waals surface area contributed by atoms with Crippen LogP contribution in [0.2, 0.25) is 36.3 Å². The smallest absolute Gasteiger partial charge is 0.307 e. The molecule has 0 aromatic carbocycles. The Morgan fingerprint density at radius 3 is 1.70 bits per heavy atom. The zero-order chi connectivity index (χ0) is 21.7. The SMILES string of the molecule is C=CCC[C@H](CC(=O)OC)N(O[Si](C)(C)C(C)(C)C)O[Si](C)(C)C(C)(C)C. The summed E-state index contributed by atoms with van der Waals surface area (Å²) in [7, 11) is -2.87. The molecule has 160 valence electrons. The minimum Gasteiger partial charge on any atom is -0.469 e. The molecule has 7 heteroatoms. The molecule has 0 amide bonds. The van der Waals surface area contributed by atoms with Gasteiger partial charge in [-0.25, -0.2) is 0 Å². The summed E-state index contributed by atoms with van der Waals surface area (Å²) >= 11 is 0. The van der Waals surface area contributed by atoms with E-state index in [0.29, 0.717) is 0 Å². The van der Waals surface area contributed by atoms with E-state index in [1.54, 1.807) is 5.23 Å². The molecule has 5 nitrogen and oxygen atoms in total. The average molecular weight is 418 g/mol. The van der Waals surface area contributed by atoms with Gasteiger partial charge in [-0.3, -0.25) is 4.79 Å². The topological polar surface area (TPSA) is 48.0 Å². The molecule has 0 radical (unpaired) electrons. The summed E-state index contributed by atoms with van der Waals surface area (Å²) in [4.78, 5) is 12.1. The fourth-order valence-electron chi connectivity index (χ4n) is 1.76. The highest BCUT2D eigenvalue weighted by molar-refractivity contribution is 6.74. The van der Waals surface area contributed by atoms with E-state index in [4.69, 9.17) is 13.8 Å². The van der Waals surface area contributed by atoms with Crippen molar-refractivity contribution in [1.82, 2.24) is 5.23 Å². The predicted molar refractivity (Wildman–Crippen MR) is 118 cm³/mol. The van der Waals surface area contributed by atoms with Crippen LogP contribution in [0.1, 0.15) is 60.8 Å². The normalized spacial score (nSPS) is 15.0. The molecule has 0 aliphatic carbocycles.